The average Bonchev–Trinajstić information content (AvgIpc) is 2.91. The second-order valence-electron chi connectivity index (χ2n) is 12.9. The van der Waals surface area contributed by atoms with Crippen LogP contribution in [0.1, 0.15) is 67.4 Å². The summed E-state index contributed by atoms with van der Waals surface area (Å²) in [6.07, 6.45) is -0.750. The average molecular weight is 647 g/mol. The maximum atomic E-state index is 13.6. The number of piperidine rings is 1. The highest BCUT2D eigenvalue weighted by Crippen LogP contribution is 2.46. The maximum absolute atomic E-state index is 13.6. The molecular weight excluding hydrogens is 599 g/mol. The largest absolute Gasteiger partial charge is 0.511 e. The summed E-state index contributed by atoms with van der Waals surface area (Å²) >= 11 is 6.03. The summed E-state index contributed by atoms with van der Waals surface area (Å²) in [5.74, 6) is -1.21. The summed E-state index contributed by atoms with van der Waals surface area (Å²) in [7, 11) is -2.60. The molecule has 12 nitrogen and oxygen atoms in total. The number of urea groups is 1. The molecule has 1 fully saturated rings. The molecule has 1 unspecified atom stereocenters. The number of nitrogens with zero attached hydrogens (tertiary/aromatic N) is 1. The van der Waals surface area contributed by atoms with Crippen LogP contribution in [-0.4, -0.2) is 72.0 Å². The molecule has 0 aromatic heterocycles. The predicted octanol–water partition coefficient (Wildman–Crippen LogP) is 4.43. The molecule has 14 heteroatoms. The van der Waals surface area contributed by atoms with Gasteiger partial charge in [0, 0.05) is 23.5 Å². The number of carbonyl (C=O) groups is 3. The molecule has 0 radical (unpaired) electrons. The third-order valence-corrected chi connectivity index (χ3v) is 9.57. The molecule has 1 saturated heterocycles. The van der Waals surface area contributed by atoms with E-state index in [0.29, 0.717) is 18.0 Å². The van der Waals surface area contributed by atoms with Crippen molar-refractivity contribution in [1.82, 2.24) is 15.5 Å². The van der Waals surface area contributed by atoms with Crippen LogP contribution in [0.3, 0.4) is 0 Å². The lowest BCUT2D eigenvalue weighted by Gasteiger charge is -2.51. The fourth-order valence-electron chi connectivity index (χ4n) is 4.76. The molecule has 2 rings (SSSR count). The Hall–Kier alpha value is -2.37. The Kier molecular flexibility index (Phi) is 12.9. The topological polar surface area (TPSA) is 170 Å². The molecule has 1 aromatic carbocycles. The van der Waals surface area contributed by atoms with Gasteiger partial charge in [-0.2, -0.15) is 0 Å². The van der Waals surface area contributed by atoms with Crippen LogP contribution in [0.15, 0.2) is 24.3 Å². The van der Waals surface area contributed by atoms with Gasteiger partial charge in [-0.3, -0.25) is 13.9 Å². The van der Waals surface area contributed by atoms with E-state index < -0.39 is 55.4 Å². The van der Waals surface area contributed by atoms with Gasteiger partial charge in [0.1, 0.15) is 11.6 Å². The first-order valence-electron chi connectivity index (χ1n) is 14.4. The second-order valence-corrected chi connectivity index (χ2v) is 14.9. The van der Waals surface area contributed by atoms with Gasteiger partial charge in [-0.25, -0.2) is 9.59 Å². The summed E-state index contributed by atoms with van der Waals surface area (Å²) < 4.78 is 27.0. The Bertz CT molecular complexity index is 1150. The molecule has 1 aliphatic rings. The Balaban J connectivity index is 1.92. The van der Waals surface area contributed by atoms with Crippen molar-refractivity contribution >= 4 is 37.7 Å². The van der Waals surface area contributed by atoms with E-state index in [0.717, 1.165) is 5.56 Å². The number of carbonyl (C=O) groups excluding carboxylic acids is 3. The minimum Gasteiger partial charge on any atom is -0.426 e. The third kappa shape index (κ3) is 10.1. The lowest BCUT2D eigenvalue weighted by molar-refractivity contribution is -0.155. The van der Waals surface area contributed by atoms with Gasteiger partial charge in [-0.1, -0.05) is 65.3 Å². The van der Waals surface area contributed by atoms with Crippen molar-refractivity contribution in [2.24, 2.45) is 23.0 Å². The molecular formula is C29H48ClN4O8P. The first-order valence-corrected chi connectivity index (χ1v) is 16.2. The Morgan fingerprint density at radius 2 is 1.74 bits per heavy atom. The van der Waals surface area contributed by atoms with E-state index in [2.05, 4.69) is 10.6 Å². The fraction of sp³-hybridized carbons (Fsp3) is 0.690. The molecule has 4 atom stereocenters. The summed E-state index contributed by atoms with van der Waals surface area (Å²) in [6.45, 7) is 14.1. The zero-order valence-electron chi connectivity index (χ0n) is 26.4. The third-order valence-electron chi connectivity index (χ3n) is 7.70. The number of amides is 3. The van der Waals surface area contributed by atoms with Crippen molar-refractivity contribution < 1.29 is 38.1 Å². The van der Waals surface area contributed by atoms with Crippen LogP contribution in [0.5, 0.6) is 0 Å². The van der Waals surface area contributed by atoms with E-state index in [-0.39, 0.29) is 30.8 Å². The van der Waals surface area contributed by atoms with Gasteiger partial charge in [0.15, 0.2) is 0 Å². The quantitative estimate of drug-likeness (QED) is 0.146. The number of nitrogens with one attached hydrogen (secondary N) is 2. The minimum absolute atomic E-state index is 0.0631. The van der Waals surface area contributed by atoms with Crippen LogP contribution in [-0.2, 0) is 29.0 Å². The van der Waals surface area contributed by atoms with Crippen molar-refractivity contribution in [3.63, 3.8) is 0 Å². The minimum atomic E-state index is -2.60. The van der Waals surface area contributed by atoms with Crippen molar-refractivity contribution in [3.05, 3.63) is 34.9 Å². The second kappa shape index (κ2) is 15.1. The molecule has 0 bridgehead atoms. The van der Waals surface area contributed by atoms with Crippen molar-refractivity contribution in [3.8, 4) is 0 Å². The van der Waals surface area contributed by atoms with Gasteiger partial charge in [0.05, 0.1) is 17.9 Å². The zero-order valence-corrected chi connectivity index (χ0v) is 28.1. The number of hydrogen-bond donors (Lipinski definition) is 4. The molecule has 1 aliphatic heterocycles. The predicted molar refractivity (Wildman–Crippen MR) is 165 cm³/mol. The molecule has 1 heterocycles. The maximum Gasteiger partial charge on any atom is 0.511 e. The summed E-state index contributed by atoms with van der Waals surface area (Å²) in [4.78, 5) is 40.1. The van der Waals surface area contributed by atoms with Crippen LogP contribution in [0, 0.1) is 17.3 Å². The van der Waals surface area contributed by atoms with Gasteiger partial charge < -0.3 is 35.8 Å². The number of benzene rings is 1. The van der Waals surface area contributed by atoms with E-state index in [4.69, 9.17) is 31.3 Å². The normalized spacial score (nSPS) is 20.7. The first-order chi connectivity index (χ1) is 19.8. The molecule has 0 spiro atoms. The summed E-state index contributed by atoms with van der Waals surface area (Å²) in [5, 5.41) is 17.6. The highest BCUT2D eigenvalue weighted by atomic mass is 35.5. The lowest BCUT2D eigenvalue weighted by Crippen LogP contribution is -2.61. The number of likely N-dealkylation sites (tertiary alicyclic amines) is 1. The van der Waals surface area contributed by atoms with E-state index in [1.807, 2.05) is 27.7 Å². The van der Waals surface area contributed by atoms with Crippen LogP contribution in [0.4, 0.5) is 9.59 Å². The van der Waals surface area contributed by atoms with Crippen molar-refractivity contribution in [2.45, 2.75) is 84.8 Å². The Morgan fingerprint density at radius 1 is 1.14 bits per heavy atom. The zero-order chi connectivity index (χ0) is 32.8. The first kappa shape index (κ1) is 36.8. The van der Waals surface area contributed by atoms with Gasteiger partial charge in [-0.15, -0.1) is 0 Å². The number of ether oxygens (including phenoxy) is 2. The van der Waals surface area contributed by atoms with Crippen LogP contribution in [0.25, 0.3) is 0 Å². The Labute approximate surface area is 260 Å². The number of nitrogens with two attached hydrogens (primary N) is 1. The smallest absolute Gasteiger partial charge is 0.426 e. The molecule has 43 heavy (non-hydrogen) atoms. The monoisotopic (exact) mass is 646 g/mol. The molecule has 1 aromatic rings. The van der Waals surface area contributed by atoms with Crippen LogP contribution < -0.4 is 16.4 Å². The Morgan fingerprint density at radius 3 is 2.28 bits per heavy atom. The van der Waals surface area contributed by atoms with E-state index in [1.165, 1.54) is 0 Å². The number of aliphatic hydroxyl groups is 1. The van der Waals surface area contributed by atoms with E-state index in [9.17, 15) is 24.1 Å². The number of rotatable bonds is 12. The van der Waals surface area contributed by atoms with E-state index in [1.54, 1.807) is 56.9 Å². The van der Waals surface area contributed by atoms with Gasteiger partial charge >= 0.3 is 12.2 Å². The molecule has 0 saturated carbocycles. The number of hydrogen-bond acceptors (Lipinski definition) is 9. The van der Waals surface area contributed by atoms with Crippen LogP contribution in [0.2, 0.25) is 5.02 Å². The van der Waals surface area contributed by atoms with Crippen molar-refractivity contribution in [2.75, 3.05) is 26.4 Å². The fourth-order valence-corrected chi connectivity index (χ4v) is 5.80. The van der Waals surface area contributed by atoms with Crippen LogP contribution >= 0.6 is 19.6 Å². The molecule has 5 N–H and O–H groups in total. The highest BCUT2D eigenvalue weighted by Gasteiger charge is 2.50. The summed E-state index contributed by atoms with van der Waals surface area (Å²) in [6, 6.07) is 5.63. The van der Waals surface area contributed by atoms with E-state index >= 15 is 0 Å². The van der Waals surface area contributed by atoms with Gasteiger partial charge in [0.25, 0.3) is 0 Å². The molecule has 3 amide bonds. The van der Waals surface area contributed by atoms with Crippen molar-refractivity contribution in [1.29, 1.82) is 0 Å². The van der Waals surface area contributed by atoms with Gasteiger partial charge in [0.2, 0.25) is 20.7 Å². The van der Waals surface area contributed by atoms with Gasteiger partial charge in [-0.05, 0) is 49.8 Å². The molecule has 244 valence electrons. The summed E-state index contributed by atoms with van der Waals surface area (Å²) in [5.41, 5.74) is 3.48. The highest BCUT2D eigenvalue weighted by molar-refractivity contribution is 7.39. The lowest BCUT2D eigenvalue weighted by atomic mass is 9.66. The SMILES string of the molecule is CC(C)[C@@H](N)[PH](=O)OCOC(=O)OC(C)(C)CNC(=O)N[C@@H](C(=O)N1CC[C@](O)(c2ccc(Cl)cc2)C(C)(C)C1)C(C)C. The molecule has 0 aliphatic carbocycles. The standard InChI is InChI=1S/C29H48ClN4O8P/c1-18(2)22(24(35)34-14-13-29(38,27(5,6)16-34)20-9-11-21(30)12-10-20)33-25(36)32-15-28(7,8)42-26(37)40-17-41-43(39)23(31)19(3)4/h9-12,18-19,22-23,38,43H,13-17,31H2,1-8H3,(H2,32,33,36)/t22-,23+,29+/m1/s1. The number of halogens is 1.